The van der Waals surface area contributed by atoms with Gasteiger partial charge < -0.3 is 9.15 Å². The molecule has 3 rings (SSSR count). The van der Waals surface area contributed by atoms with Gasteiger partial charge in [-0.05, 0) is 45.0 Å². The number of furan rings is 1. The maximum atomic E-state index is 12.5. The van der Waals surface area contributed by atoms with Gasteiger partial charge in [0.1, 0.15) is 23.5 Å². The van der Waals surface area contributed by atoms with Gasteiger partial charge >= 0.3 is 6.09 Å². The Hall–Kier alpha value is -2.83. The molecule has 0 aliphatic rings. The van der Waals surface area contributed by atoms with Gasteiger partial charge in [-0.2, -0.15) is 0 Å². The van der Waals surface area contributed by atoms with E-state index in [1.165, 1.54) is 4.90 Å². The van der Waals surface area contributed by atoms with Crippen molar-refractivity contribution < 1.29 is 13.9 Å². The second kappa shape index (κ2) is 6.35. The lowest BCUT2D eigenvalue weighted by atomic mass is 10.2. The van der Waals surface area contributed by atoms with Gasteiger partial charge in [0, 0.05) is 0 Å². The van der Waals surface area contributed by atoms with Crippen LogP contribution in [-0.2, 0) is 18.0 Å². The number of para-hydroxylation sites is 1. The van der Waals surface area contributed by atoms with E-state index in [0.717, 1.165) is 11.0 Å². The predicted octanol–water partition coefficient (Wildman–Crippen LogP) is 3.42. The maximum Gasteiger partial charge on any atom is 0.412 e. The molecule has 0 atom stereocenters. The minimum atomic E-state index is -0.580. The number of hydrogen-bond donors (Lipinski definition) is 0. The van der Waals surface area contributed by atoms with Crippen LogP contribution >= 0.6 is 0 Å². The Morgan fingerprint density at radius 1 is 1.25 bits per heavy atom. The van der Waals surface area contributed by atoms with Crippen molar-refractivity contribution in [3.63, 3.8) is 0 Å². The van der Waals surface area contributed by atoms with Crippen LogP contribution in [0.1, 0.15) is 26.5 Å². The van der Waals surface area contributed by atoms with E-state index < -0.39 is 11.7 Å². The standard InChI is InChI=1S/C17H20N4O3/c1-17(2,3)24-16(22)20(11-13-7-6-10-23-13)12-21-15-9-5-4-8-14(15)18-19-21/h4-10H,11-12H2,1-3H3. The molecule has 0 saturated heterocycles. The summed E-state index contributed by atoms with van der Waals surface area (Å²) < 4.78 is 12.5. The molecule has 24 heavy (non-hydrogen) atoms. The quantitative estimate of drug-likeness (QED) is 0.733. The highest BCUT2D eigenvalue weighted by molar-refractivity contribution is 5.74. The number of amides is 1. The fourth-order valence-electron chi connectivity index (χ4n) is 2.27. The van der Waals surface area contributed by atoms with Crippen LogP contribution in [0.15, 0.2) is 47.1 Å². The number of hydrogen-bond acceptors (Lipinski definition) is 5. The number of benzene rings is 1. The monoisotopic (exact) mass is 328 g/mol. The summed E-state index contributed by atoms with van der Waals surface area (Å²) in [6.07, 6.45) is 1.14. The van der Waals surface area contributed by atoms with Crippen LogP contribution in [0.4, 0.5) is 4.79 Å². The number of rotatable bonds is 4. The van der Waals surface area contributed by atoms with Crippen LogP contribution in [-0.4, -0.2) is 31.6 Å². The Labute approximate surface area is 139 Å². The maximum absolute atomic E-state index is 12.5. The Morgan fingerprint density at radius 2 is 2.04 bits per heavy atom. The van der Waals surface area contributed by atoms with E-state index in [2.05, 4.69) is 10.3 Å². The third kappa shape index (κ3) is 3.73. The van der Waals surface area contributed by atoms with Crippen LogP contribution in [0.3, 0.4) is 0 Å². The van der Waals surface area contributed by atoms with Crippen molar-refractivity contribution in [2.24, 2.45) is 0 Å². The normalized spacial score (nSPS) is 11.6. The van der Waals surface area contributed by atoms with Crippen molar-refractivity contribution in [2.75, 3.05) is 0 Å². The molecule has 0 aliphatic heterocycles. The lowest BCUT2D eigenvalue weighted by Gasteiger charge is -2.26. The Balaban J connectivity index is 1.85. The van der Waals surface area contributed by atoms with Gasteiger partial charge in [0.25, 0.3) is 0 Å². The van der Waals surface area contributed by atoms with E-state index >= 15 is 0 Å². The van der Waals surface area contributed by atoms with E-state index in [-0.39, 0.29) is 13.2 Å². The lowest BCUT2D eigenvalue weighted by molar-refractivity contribution is 0.0147. The number of carbonyl (C=O) groups is 1. The van der Waals surface area contributed by atoms with Gasteiger partial charge in [0.05, 0.1) is 18.3 Å². The molecule has 0 radical (unpaired) electrons. The number of fused-ring (bicyclic) bond motifs is 1. The van der Waals surface area contributed by atoms with E-state index in [0.29, 0.717) is 5.76 Å². The highest BCUT2D eigenvalue weighted by Crippen LogP contribution is 2.16. The first-order chi connectivity index (χ1) is 11.4. The van der Waals surface area contributed by atoms with Crippen molar-refractivity contribution >= 4 is 17.1 Å². The molecule has 1 aromatic carbocycles. The highest BCUT2D eigenvalue weighted by atomic mass is 16.6. The zero-order valence-electron chi connectivity index (χ0n) is 14.0. The molecule has 2 heterocycles. The van der Waals surface area contributed by atoms with Crippen LogP contribution in [0.25, 0.3) is 11.0 Å². The molecule has 3 aromatic rings. The molecule has 0 fully saturated rings. The van der Waals surface area contributed by atoms with E-state index in [9.17, 15) is 4.79 Å². The predicted molar refractivity (Wildman–Crippen MR) is 88.0 cm³/mol. The molecule has 0 saturated carbocycles. The van der Waals surface area contributed by atoms with Crippen molar-refractivity contribution in [3.05, 3.63) is 48.4 Å². The molecule has 1 amide bonds. The zero-order chi connectivity index (χ0) is 17.2. The van der Waals surface area contributed by atoms with Gasteiger partial charge in [-0.3, -0.25) is 4.90 Å². The number of ether oxygens (including phenoxy) is 1. The summed E-state index contributed by atoms with van der Waals surface area (Å²) in [5.74, 6) is 0.672. The molecule has 0 spiro atoms. The topological polar surface area (TPSA) is 73.4 Å². The largest absolute Gasteiger partial charge is 0.467 e. The Bertz CT molecular complexity index is 818. The first-order valence-electron chi connectivity index (χ1n) is 7.71. The summed E-state index contributed by atoms with van der Waals surface area (Å²) in [5, 5.41) is 8.24. The van der Waals surface area contributed by atoms with E-state index in [4.69, 9.17) is 9.15 Å². The van der Waals surface area contributed by atoms with Gasteiger partial charge in [0.2, 0.25) is 0 Å². The average Bonchev–Trinajstić information content (AvgIpc) is 3.15. The van der Waals surface area contributed by atoms with E-state index in [1.807, 2.05) is 51.1 Å². The van der Waals surface area contributed by atoms with Crippen LogP contribution in [0.5, 0.6) is 0 Å². The molecule has 0 bridgehead atoms. The van der Waals surface area contributed by atoms with E-state index in [1.54, 1.807) is 17.0 Å². The molecular formula is C17H20N4O3. The molecule has 7 nitrogen and oxygen atoms in total. The van der Waals surface area contributed by atoms with Crippen molar-refractivity contribution in [1.29, 1.82) is 0 Å². The van der Waals surface area contributed by atoms with Crippen LogP contribution < -0.4 is 0 Å². The first-order valence-corrected chi connectivity index (χ1v) is 7.71. The summed E-state index contributed by atoms with van der Waals surface area (Å²) in [6.45, 7) is 6.01. The van der Waals surface area contributed by atoms with Gasteiger partial charge in [-0.1, -0.05) is 17.3 Å². The summed E-state index contributed by atoms with van der Waals surface area (Å²) in [6, 6.07) is 11.2. The first kappa shape index (κ1) is 16.0. The summed E-state index contributed by atoms with van der Waals surface area (Å²) in [7, 11) is 0. The second-order valence-electron chi connectivity index (χ2n) is 6.48. The third-order valence-electron chi connectivity index (χ3n) is 3.30. The Kier molecular flexibility index (Phi) is 4.24. The molecule has 7 heteroatoms. The summed E-state index contributed by atoms with van der Waals surface area (Å²) >= 11 is 0. The summed E-state index contributed by atoms with van der Waals surface area (Å²) in [4.78, 5) is 14.1. The zero-order valence-corrected chi connectivity index (χ0v) is 14.0. The summed E-state index contributed by atoms with van der Waals surface area (Å²) in [5.41, 5.74) is 1.05. The molecule has 0 aliphatic carbocycles. The molecular weight excluding hydrogens is 308 g/mol. The van der Waals surface area contributed by atoms with Crippen molar-refractivity contribution in [3.8, 4) is 0 Å². The van der Waals surface area contributed by atoms with Gasteiger partial charge in [0.15, 0.2) is 0 Å². The van der Waals surface area contributed by atoms with Gasteiger partial charge in [-0.15, -0.1) is 5.10 Å². The lowest BCUT2D eigenvalue weighted by Crippen LogP contribution is -2.37. The highest BCUT2D eigenvalue weighted by Gasteiger charge is 2.24. The van der Waals surface area contributed by atoms with Crippen LogP contribution in [0.2, 0.25) is 0 Å². The second-order valence-corrected chi connectivity index (χ2v) is 6.48. The van der Waals surface area contributed by atoms with Crippen LogP contribution in [0, 0.1) is 0 Å². The molecule has 0 unspecified atom stereocenters. The van der Waals surface area contributed by atoms with Gasteiger partial charge in [-0.25, -0.2) is 9.48 Å². The molecule has 0 N–H and O–H groups in total. The fraction of sp³-hybridized carbons (Fsp3) is 0.353. The minimum absolute atomic E-state index is 0.218. The third-order valence-corrected chi connectivity index (χ3v) is 3.30. The Morgan fingerprint density at radius 3 is 2.75 bits per heavy atom. The number of carbonyl (C=O) groups excluding carboxylic acids is 1. The average molecular weight is 328 g/mol. The van der Waals surface area contributed by atoms with Crippen molar-refractivity contribution in [2.45, 2.75) is 39.6 Å². The van der Waals surface area contributed by atoms with Crippen molar-refractivity contribution in [1.82, 2.24) is 19.9 Å². The molecule has 126 valence electrons. The number of aromatic nitrogens is 3. The number of nitrogens with zero attached hydrogens (tertiary/aromatic N) is 4. The fourth-order valence-corrected chi connectivity index (χ4v) is 2.27. The molecule has 2 aromatic heterocycles. The minimum Gasteiger partial charge on any atom is -0.467 e. The smallest absolute Gasteiger partial charge is 0.412 e. The SMILES string of the molecule is CC(C)(C)OC(=O)N(Cc1ccco1)Cn1nnc2ccccc21.